The molecule has 0 radical (unpaired) electrons. The first-order valence-electron chi connectivity index (χ1n) is 12.4. The number of carbonyl (C=O) groups excluding carboxylic acids is 2. The van der Waals surface area contributed by atoms with Crippen molar-refractivity contribution in [1.82, 2.24) is 24.8 Å². The molecule has 0 spiro atoms. The molecule has 1 aliphatic heterocycles. The molecule has 1 aliphatic rings. The minimum Gasteiger partial charge on any atom is -0.480 e. The first-order chi connectivity index (χ1) is 18.3. The summed E-state index contributed by atoms with van der Waals surface area (Å²) < 4.78 is 0.881. The lowest BCUT2D eigenvalue weighted by Gasteiger charge is -2.27. The van der Waals surface area contributed by atoms with Crippen molar-refractivity contribution in [2.75, 3.05) is 6.54 Å². The van der Waals surface area contributed by atoms with E-state index in [0.717, 1.165) is 15.5 Å². The largest absolute Gasteiger partial charge is 0.480 e. The van der Waals surface area contributed by atoms with Gasteiger partial charge in [-0.15, -0.1) is 0 Å². The number of rotatable bonds is 7. The van der Waals surface area contributed by atoms with E-state index in [1.165, 1.54) is 11.8 Å². The molecule has 3 heterocycles. The van der Waals surface area contributed by atoms with Gasteiger partial charge in [0, 0.05) is 30.1 Å². The minimum absolute atomic E-state index is 0.000447. The van der Waals surface area contributed by atoms with Crippen molar-refractivity contribution in [2.24, 2.45) is 0 Å². The summed E-state index contributed by atoms with van der Waals surface area (Å²) in [5.74, 6) is -2.33. The Morgan fingerprint density at radius 2 is 1.74 bits per heavy atom. The number of para-hydroxylation sites is 2. The topological polar surface area (TPSA) is 157 Å². The number of hydrogen-bond donors (Lipinski definition) is 4. The standard InChI is InChI=1S/C27H27N5O6/c1-15(24(34)31-12-6-11-21(31)26(36)37)29-23(33)22(13-16-14-28-19-9-4-2-7-17(16)19)32-25(35)18-8-3-5-10-20(18)30-27(32)38/h2-5,7-10,14-15,21-22,28H,6,11-13H2,1H3,(H,29,33)(H,30,38)(H,36,37). The van der Waals surface area contributed by atoms with Crippen molar-refractivity contribution < 1.29 is 19.5 Å². The number of carboxylic acid groups (broad SMARTS) is 1. The fourth-order valence-electron chi connectivity index (χ4n) is 5.18. The zero-order valence-corrected chi connectivity index (χ0v) is 20.6. The second-order valence-corrected chi connectivity index (χ2v) is 9.49. The molecule has 1 fully saturated rings. The van der Waals surface area contributed by atoms with Gasteiger partial charge in [0.25, 0.3) is 5.56 Å². The second kappa shape index (κ2) is 10.0. The van der Waals surface area contributed by atoms with Crippen LogP contribution in [0.4, 0.5) is 0 Å². The molecule has 0 aliphatic carbocycles. The van der Waals surface area contributed by atoms with Gasteiger partial charge in [-0.2, -0.15) is 0 Å². The number of fused-ring (bicyclic) bond motifs is 2. The number of hydrogen-bond acceptors (Lipinski definition) is 5. The average molecular weight is 518 g/mol. The molecule has 1 saturated heterocycles. The van der Waals surface area contributed by atoms with Crippen LogP contribution in [-0.4, -0.2) is 61.0 Å². The zero-order chi connectivity index (χ0) is 27.0. The number of H-pyrrole nitrogens is 2. The molecule has 2 aromatic heterocycles. The van der Waals surface area contributed by atoms with Crippen LogP contribution in [0.15, 0.2) is 64.3 Å². The maximum absolute atomic E-state index is 13.7. The van der Waals surface area contributed by atoms with E-state index in [1.807, 2.05) is 24.3 Å². The quantitative estimate of drug-likeness (QED) is 0.291. The highest BCUT2D eigenvalue weighted by Gasteiger charge is 2.37. The van der Waals surface area contributed by atoms with Gasteiger partial charge in [-0.3, -0.25) is 14.4 Å². The van der Waals surface area contributed by atoms with Gasteiger partial charge in [-0.05, 0) is 43.5 Å². The molecule has 4 aromatic rings. The fraction of sp³-hybridized carbons (Fsp3) is 0.296. The van der Waals surface area contributed by atoms with Crippen LogP contribution in [0.2, 0.25) is 0 Å². The minimum atomic E-state index is -1.28. The fourth-order valence-corrected chi connectivity index (χ4v) is 5.18. The third-order valence-corrected chi connectivity index (χ3v) is 7.09. The van der Waals surface area contributed by atoms with Gasteiger partial charge in [0.1, 0.15) is 18.1 Å². The SMILES string of the molecule is CC(NC(=O)C(Cc1c[nH]c2ccccc12)n1c(=O)[nH]c2ccccc2c1=O)C(=O)N1CCCC1C(=O)O. The van der Waals surface area contributed by atoms with Crippen LogP contribution >= 0.6 is 0 Å². The van der Waals surface area contributed by atoms with E-state index in [2.05, 4.69) is 15.3 Å². The van der Waals surface area contributed by atoms with Gasteiger partial charge in [-0.1, -0.05) is 30.3 Å². The number of likely N-dealkylation sites (tertiary alicyclic amines) is 1. The molecule has 0 bridgehead atoms. The molecule has 196 valence electrons. The van der Waals surface area contributed by atoms with E-state index in [4.69, 9.17) is 0 Å². The lowest BCUT2D eigenvalue weighted by atomic mass is 10.0. The molecule has 2 amide bonds. The molecule has 0 saturated carbocycles. The van der Waals surface area contributed by atoms with Gasteiger partial charge in [0.2, 0.25) is 11.8 Å². The Labute approximate surface area is 216 Å². The van der Waals surface area contributed by atoms with Crippen molar-refractivity contribution in [3.05, 3.63) is 81.1 Å². The summed E-state index contributed by atoms with van der Waals surface area (Å²) in [6.07, 6.45) is 2.61. The highest BCUT2D eigenvalue weighted by atomic mass is 16.4. The number of carbonyl (C=O) groups is 3. The number of amides is 2. The summed E-state index contributed by atoms with van der Waals surface area (Å²) in [6, 6.07) is 10.7. The maximum Gasteiger partial charge on any atom is 0.329 e. The second-order valence-electron chi connectivity index (χ2n) is 9.49. The Morgan fingerprint density at radius 3 is 2.47 bits per heavy atom. The third kappa shape index (κ3) is 4.47. The number of aromatic nitrogens is 3. The summed E-state index contributed by atoms with van der Waals surface area (Å²) in [4.78, 5) is 71.9. The molecule has 3 atom stereocenters. The smallest absolute Gasteiger partial charge is 0.329 e. The highest BCUT2D eigenvalue weighted by Crippen LogP contribution is 2.23. The van der Waals surface area contributed by atoms with Gasteiger partial charge >= 0.3 is 11.7 Å². The molecule has 5 rings (SSSR count). The van der Waals surface area contributed by atoms with Crippen molar-refractivity contribution in [3.8, 4) is 0 Å². The van der Waals surface area contributed by atoms with Gasteiger partial charge < -0.3 is 25.3 Å². The van der Waals surface area contributed by atoms with E-state index < -0.39 is 47.2 Å². The predicted octanol–water partition coefficient (Wildman–Crippen LogP) is 1.54. The molecule has 2 aromatic carbocycles. The van der Waals surface area contributed by atoms with E-state index in [-0.39, 0.29) is 18.4 Å². The Kier molecular flexibility index (Phi) is 6.58. The monoisotopic (exact) mass is 517 g/mol. The molecule has 3 unspecified atom stereocenters. The van der Waals surface area contributed by atoms with Gasteiger partial charge in [0.05, 0.1) is 10.9 Å². The summed E-state index contributed by atoms with van der Waals surface area (Å²) in [5.41, 5.74) is 0.512. The highest BCUT2D eigenvalue weighted by molar-refractivity contribution is 5.92. The third-order valence-electron chi connectivity index (χ3n) is 7.09. The van der Waals surface area contributed by atoms with Gasteiger partial charge in [0.15, 0.2) is 0 Å². The summed E-state index contributed by atoms with van der Waals surface area (Å²) in [7, 11) is 0. The van der Waals surface area contributed by atoms with Crippen LogP contribution in [0, 0.1) is 0 Å². The Hall–Kier alpha value is -4.67. The summed E-state index contributed by atoms with van der Waals surface area (Å²) >= 11 is 0. The Bertz CT molecular complexity index is 1670. The van der Waals surface area contributed by atoms with E-state index in [0.29, 0.717) is 23.9 Å². The summed E-state index contributed by atoms with van der Waals surface area (Å²) in [5, 5.41) is 13.2. The predicted molar refractivity (Wildman–Crippen MR) is 140 cm³/mol. The maximum atomic E-state index is 13.7. The summed E-state index contributed by atoms with van der Waals surface area (Å²) in [6.45, 7) is 1.74. The van der Waals surface area contributed by atoms with Crippen molar-refractivity contribution in [2.45, 2.75) is 44.3 Å². The van der Waals surface area contributed by atoms with E-state index >= 15 is 0 Å². The van der Waals surface area contributed by atoms with Crippen LogP contribution in [-0.2, 0) is 20.8 Å². The Morgan fingerprint density at radius 1 is 1.05 bits per heavy atom. The zero-order valence-electron chi connectivity index (χ0n) is 20.6. The number of carboxylic acids is 1. The molecule has 11 nitrogen and oxygen atoms in total. The van der Waals surface area contributed by atoms with Crippen LogP contribution in [0.5, 0.6) is 0 Å². The van der Waals surface area contributed by atoms with E-state index in [1.54, 1.807) is 30.5 Å². The van der Waals surface area contributed by atoms with Crippen LogP contribution < -0.4 is 16.6 Å². The number of nitrogens with zero attached hydrogens (tertiary/aromatic N) is 2. The Balaban J connectivity index is 1.52. The molecule has 38 heavy (non-hydrogen) atoms. The lowest BCUT2D eigenvalue weighted by Crippen LogP contribution is -2.53. The number of aromatic amines is 2. The van der Waals surface area contributed by atoms with E-state index in [9.17, 15) is 29.1 Å². The molecule has 11 heteroatoms. The normalized spacial score (nSPS) is 17.0. The van der Waals surface area contributed by atoms with Crippen LogP contribution in [0.25, 0.3) is 21.8 Å². The van der Waals surface area contributed by atoms with Crippen molar-refractivity contribution >= 4 is 39.6 Å². The lowest BCUT2D eigenvalue weighted by molar-refractivity contribution is -0.149. The molecular formula is C27H27N5O6. The first-order valence-corrected chi connectivity index (χ1v) is 12.4. The molecule has 4 N–H and O–H groups in total. The average Bonchev–Trinajstić information content (AvgIpc) is 3.55. The number of benzene rings is 2. The van der Waals surface area contributed by atoms with Gasteiger partial charge in [-0.25, -0.2) is 14.2 Å². The van der Waals surface area contributed by atoms with Crippen LogP contribution in [0.1, 0.15) is 31.4 Å². The molecular weight excluding hydrogens is 490 g/mol. The van der Waals surface area contributed by atoms with Crippen molar-refractivity contribution in [3.63, 3.8) is 0 Å². The van der Waals surface area contributed by atoms with Crippen molar-refractivity contribution in [1.29, 1.82) is 0 Å². The number of aliphatic carboxylic acids is 1. The first kappa shape index (κ1) is 25.0. The number of nitrogens with one attached hydrogen (secondary N) is 3. The van der Waals surface area contributed by atoms with Crippen LogP contribution in [0.3, 0.4) is 0 Å².